The second-order valence-corrected chi connectivity index (χ2v) is 7.92. The van der Waals surface area contributed by atoms with Gasteiger partial charge in [-0.2, -0.15) is 9.97 Å². The molecule has 0 saturated heterocycles. The van der Waals surface area contributed by atoms with Crippen LogP contribution in [0.5, 0.6) is 11.8 Å². The standard InChI is InChI=1S/C18H24FN5O7S/c1-11(19)16(31-9-5-8-25)15-12(6-4-7-20-15)32(27,28)24-18(26)23-17-21-13(29-2)10-14(22-17)30-3/h4,6-7,10-11,16,25H,5,8-9H2,1-3H3,(H2,21,22,23,24,26). The molecule has 2 aromatic heterocycles. The van der Waals surface area contributed by atoms with Gasteiger partial charge in [-0.05, 0) is 25.5 Å². The van der Waals surface area contributed by atoms with Crippen LogP contribution in [0.15, 0.2) is 29.3 Å². The molecule has 2 heterocycles. The molecule has 0 aliphatic heterocycles. The summed E-state index contributed by atoms with van der Waals surface area (Å²) in [6.45, 7) is 0.983. The highest BCUT2D eigenvalue weighted by Crippen LogP contribution is 2.28. The number of alkyl halides is 1. The van der Waals surface area contributed by atoms with Crippen LogP contribution in [0.25, 0.3) is 0 Å². The molecule has 0 radical (unpaired) electrons. The van der Waals surface area contributed by atoms with E-state index in [0.29, 0.717) is 0 Å². The predicted octanol–water partition coefficient (Wildman–Crippen LogP) is 1.20. The van der Waals surface area contributed by atoms with Gasteiger partial charge < -0.3 is 19.3 Å². The smallest absolute Gasteiger partial charge is 0.335 e. The Kier molecular flexibility index (Phi) is 9.04. The minimum Gasteiger partial charge on any atom is -0.481 e. The highest BCUT2D eigenvalue weighted by atomic mass is 32.2. The Balaban J connectivity index is 2.26. The SMILES string of the molecule is COc1cc(OC)nc(NC(=O)NS(=O)(=O)c2cccnc2C(OCCCO)C(C)F)n1. The van der Waals surface area contributed by atoms with Crippen molar-refractivity contribution in [2.45, 2.75) is 30.5 Å². The fourth-order valence-electron chi connectivity index (χ4n) is 2.52. The lowest BCUT2D eigenvalue weighted by molar-refractivity contribution is -0.00750. The zero-order valence-electron chi connectivity index (χ0n) is 17.6. The van der Waals surface area contributed by atoms with Crippen LogP contribution in [0, 0.1) is 0 Å². The molecule has 32 heavy (non-hydrogen) atoms. The van der Waals surface area contributed by atoms with E-state index in [1.165, 1.54) is 39.5 Å². The van der Waals surface area contributed by atoms with E-state index in [4.69, 9.17) is 19.3 Å². The van der Waals surface area contributed by atoms with E-state index in [1.807, 2.05) is 0 Å². The summed E-state index contributed by atoms with van der Waals surface area (Å²) in [5.41, 5.74) is -0.222. The van der Waals surface area contributed by atoms with E-state index in [1.54, 1.807) is 4.72 Å². The summed E-state index contributed by atoms with van der Waals surface area (Å²) in [6, 6.07) is 2.66. The fraction of sp³-hybridized carbons (Fsp3) is 0.444. The van der Waals surface area contributed by atoms with Crippen molar-refractivity contribution in [3.8, 4) is 11.8 Å². The quantitative estimate of drug-likeness (QED) is 0.404. The molecule has 2 rings (SSSR count). The number of sulfonamides is 1. The third-order valence-electron chi connectivity index (χ3n) is 3.93. The van der Waals surface area contributed by atoms with Gasteiger partial charge in [-0.15, -0.1) is 0 Å². The second kappa shape index (κ2) is 11.5. The molecule has 2 atom stereocenters. The van der Waals surface area contributed by atoms with Crippen LogP contribution < -0.4 is 19.5 Å². The molecule has 14 heteroatoms. The maximum Gasteiger partial charge on any atom is 0.335 e. The van der Waals surface area contributed by atoms with Crippen LogP contribution in [-0.2, 0) is 14.8 Å². The minimum atomic E-state index is -4.49. The Hall–Kier alpha value is -3.10. The number of halogens is 1. The van der Waals surface area contributed by atoms with Crippen molar-refractivity contribution in [2.24, 2.45) is 0 Å². The molecule has 0 spiro atoms. The molecular weight excluding hydrogens is 449 g/mol. The molecule has 12 nitrogen and oxygen atoms in total. The second-order valence-electron chi connectivity index (χ2n) is 6.27. The maximum absolute atomic E-state index is 14.2. The number of aliphatic hydroxyl groups is 1. The van der Waals surface area contributed by atoms with Gasteiger partial charge in [0.1, 0.15) is 17.2 Å². The zero-order valence-corrected chi connectivity index (χ0v) is 18.4. The third kappa shape index (κ3) is 6.70. The summed E-state index contributed by atoms with van der Waals surface area (Å²) in [4.78, 5) is 23.6. The molecule has 2 unspecified atom stereocenters. The van der Waals surface area contributed by atoms with Gasteiger partial charge in [-0.3, -0.25) is 10.3 Å². The van der Waals surface area contributed by atoms with E-state index < -0.39 is 33.2 Å². The van der Waals surface area contributed by atoms with Crippen molar-refractivity contribution in [2.75, 3.05) is 32.8 Å². The Morgan fingerprint density at radius 2 is 1.91 bits per heavy atom. The van der Waals surface area contributed by atoms with Crippen LogP contribution in [-0.4, -0.2) is 68.1 Å². The zero-order chi connectivity index (χ0) is 23.7. The molecule has 0 aliphatic carbocycles. The Bertz CT molecular complexity index is 1000. The van der Waals surface area contributed by atoms with Gasteiger partial charge in [-0.25, -0.2) is 22.3 Å². The number of pyridine rings is 1. The van der Waals surface area contributed by atoms with Crippen LogP contribution in [0.1, 0.15) is 25.1 Å². The van der Waals surface area contributed by atoms with Gasteiger partial charge in [0.25, 0.3) is 10.0 Å². The maximum atomic E-state index is 14.2. The van der Waals surface area contributed by atoms with Crippen LogP contribution >= 0.6 is 0 Å². The molecule has 0 fully saturated rings. The van der Waals surface area contributed by atoms with Crippen LogP contribution in [0.4, 0.5) is 15.1 Å². The largest absolute Gasteiger partial charge is 0.481 e. The van der Waals surface area contributed by atoms with Crippen molar-refractivity contribution >= 4 is 22.0 Å². The number of aromatic nitrogens is 3. The number of ether oxygens (including phenoxy) is 3. The van der Waals surface area contributed by atoms with Gasteiger partial charge in [0, 0.05) is 19.4 Å². The first-order valence-corrected chi connectivity index (χ1v) is 10.8. The Morgan fingerprint density at radius 3 is 2.47 bits per heavy atom. The van der Waals surface area contributed by atoms with E-state index >= 15 is 0 Å². The number of carbonyl (C=O) groups excluding carboxylic acids is 1. The van der Waals surface area contributed by atoms with Crippen LogP contribution in [0.3, 0.4) is 0 Å². The number of anilines is 1. The van der Waals surface area contributed by atoms with Crippen molar-refractivity contribution in [1.82, 2.24) is 19.7 Å². The summed E-state index contributed by atoms with van der Waals surface area (Å²) in [7, 11) is -1.81. The van der Waals surface area contributed by atoms with E-state index in [-0.39, 0.29) is 43.0 Å². The first-order chi connectivity index (χ1) is 15.2. The van der Waals surface area contributed by atoms with Crippen molar-refractivity contribution < 1.29 is 36.9 Å². The van der Waals surface area contributed by atoms with Crippen molar-refractivity contribution in [3.05, 3.63) is 30.1 Å². The van der Waals surface area contributed by atoms with Gasteiger partial charge in [-0.1, -0.05) is 0 Å². The monoisotopic (exact) mass is 473 g/mol. The van der Waals surface area contributed by atoms with Gasteiger partial charge in [0.15, 0.2) is 0 Å². The highest BCUT2D eigenvalue weighted by Gasteiger charge is 2.30. The first-order valence-electron chi connectivity index (χ1n) is 9.34. The van der Waals surface area contributed by atoms with Crippen LogP contribution in [0.2, 0.25) is 0 Å². The summed E-state index contributed by atoms with van der Waals surface area (Å²) >= 11 is 0. The summed E-state index contributed by atoms with van der Waals surface area (Å²) in [5, 5.41) is 11.1. The molecule has 0 saturated carbocycles. The fourth-order valence-corrected chi connectivity index (χ4v) is 3.63. The molecule has 3 N–H and O–H groups in total. The number of urea groups is 1. The average molecular weight is 473 g/mol. The molecule has 0 aliphatic rings. The number of hydrogen-bond donors (Lipinski definition) is 3. The number of amides is 2. The Morgan fingerprint density at radius 1 is 1.25 bits per heavy atom. The Labute approximate surface area is 184 Å². The molecule has 2 amide bonds. The average Bonchev–Trinajstić information content (AvgIpc) is 2.75. The minimum absolute atomic E-state index is 0.0194. The highest BCUT2D eigenvalue weighted by molar-refractivity contribution is 7.90. The lowest BCUT2D eigenvalue weighted by atomic mass is 10.1. The predicted molar refractivity (Wildman–Crippen MR) is 110 cm³/mol. The van der Waals surface area contributed by atoms with Gasteiger partial charge in [0.2, 0.25) is 17.7 Å². The molecule has 0 bridgehead atoms. The lowest BCUT2D eigenvalue weighted by Crippen LogP contribution is -2.36. The topological polar surface area (TPSA) is 162 Å². The summed E-state index contributed by atoms with van der Waals surface area (Å²) in [5.74, 6) is -0.128. The van der Waals surface area contributed by atoms with E-state index in [2.05, 4.69) is 20.3 Å². The summed E-state index contributed by atoms with van der Waals surface area (Å²) < 4.78 is 56.9. The summed E-state index contributed by atoms with van der Waals surface area (Å²) in [6.07, 6.45) is -1.45. The number of aliphatic hydroxyl groups excluding tert-OH is 1. The van der Waals surface area contributed by atoms with E-state index in [0.717, 1.165) is 6.07 Å². The number of rotatable bonds is 11. The third-order valence-corrected chi connectivity index (χ3v) is 5.30. The molecule has 176 valence electrons. The number of nitrogens with one attached hydrogen (secondary N) is 2. The number of carbonyl (C=O) groups is 1. The number of nitrogens with zero attached hydrogens (tertiary/aromatic N) is 3. The molecule has 2 aromatic rings. The van der Waals surface area contributed by atoms with Gasteiger partial charge in [0.05, 0.1) is 26.0 Å². The molecule has 0 aromatic carbocycles. The van der Waals surface area contributed by atoms with Gasteiger partial charge >= 0.3 is 6.03 Å². The normalized spacial score (nSPS) is 13.2. The molecular formula is C18H24FN5O7S. The number of hydrogen-bond acceptors (Lipinski definition) is 10. The number of methoxy groups -OCH3 is 2. The lowest BCUT2D eigenvalue weighted by Gasteiger charge is -2.21. The van der Waals surface area contributed by atoms with E-state index in [9.17, 15) is 17.6 Å². The first kappa shape index (κ1) is 25.2. The van der Waals surface area contributed by atoms with Crippen molar-refractivity contribution in [1.29, 1.82) is 0 Å². The van der Waals surface area contributed by atoms with Crippen molar-refractivity contribution in [3.63, 3.8) is 0 Å².